The number of rotatable bonds is 5. The van der Waals surface area contributed by atoms with Crippen molar-refractivity contribution in [2.75, 3.05) is 5.32 Å². The number of carboxylic acids is 1. The molecule has 0 aromatic heterocycles. The van der Waals surface area contributed by atoms with Crippen LogP contribution in [0.3, 0.4) is 0 Å². The molecule has 0 aliphatic rings. The molecule has 0 radical (unpaired) electrons. The molecule has 0 fully saturated rings. The van der Waals surface area contributed by atoms with Crippen LogP contribution >= 0.6 is 0 Å². The Morgan fingerprint density at radius 1 is 1.00 bits per heavy atom. The molecule has 2 N–H and O–H groups in total. The largest absolute Gasteiger partial charge is 0.478 e. The van der Waals surface area contributed by atoms with Gasteiger partial charge in [0.1, 0.15) is 0 Å². The maximum Gasteiger partial charge on any atom is 0.337 e. The molecule has 2 rings (SSSR count). The lowest BCUT2D eigenvalue weighted by Gasteiger charge is -2.16. The van der Waals surface area contributed by atoms with Crippen LogP contribution in [0.25, 0.3) is 0 Å². The summed E-state index contributed by atoms with van der Waals surface area (Å²) in [5.74, 6) is -0.917. The molecule has 0 aliphatic heterocycles. The molecule has 0 saturated heterocycles. The number of benzene rings is 2. The number of anilines is 2. The molecule has 3 nitrogen and oxygen atoms in total. The first-order valence-electron chi connectivity index (χ1n) is 6.87. The van der Waals surface area contributed by atoms with Crippen molar-refractivity contribution < 1.29 is 9.90 Å². The van der Waals surface area contributed by atoms with Crippen LogP contribution < -0.4 is 5.32 Å². The maximum absolute atomic E-state index is 11.3. The number of carbonyl (C=O) groups is 1. The lowest BCUT2D eigenvalue weighted by molar-refractivity contribution is 0.0698. The monoisotopic (exact) mass is 269 g/mol. The average molecular weight is 269 g/mol. The quantitative estimate of drug-likeness (QED) is 0.853. The molecule has 0 bridgehead atoms. The van der Waals surface area contributed by atoms with Gasteiger partial charge < -0.3 is 10.4 Å². The Labute approximate surface area is 119 Å². The van der Waals surface area contributed by atoms with Crippen molar-refractivity contribution in [2.24, 2.45) is 0 Å². The highest BCUT2D eigenvalue weighted by Crippen LogP contribution is 2.28. The predicted octanol–water partition coefficient (Wildman–Crippen LogP) is 4.25. The molecular weight excluding hydrogens is 250 g/mol. The summed E-state index contributed by atoms with van der Waals surface area (Å²) in [7, 11) is 0. The van der Waals surface area contributed by atoms with Crippen molar-refractivity contribution in [3.8, 4) is 0 Å². The highest BCUT2D eigenvalue weighted by molar-refractivity contribution is 5.95. The van der Waals surface area contributed by atoms with Crippen LogP contribution in [0.1, 0.15) is 35.3 Å². The fourth-order valence-electron chi connectivity index (χ4n) is 2.32. The van der Waals surface area contributed by atoms with E-state index in [9.17, 15) is 9.90 Å². The second kappa shape index (κ2) is 6.24. The lowest BCUT2D eigenvalue weighted by Crippen LogP contribution is -2.05. The zero-order chi connectivity index (χ0) is 14.5. The molecule has 20 heavy (non-hydrogen) atoms. The van der Waals surface area contributed by atoms with Gasteiger partial charge in [0.15, 0.2) is 0 Å². The van der Waals surface area contributed by atoms with Crippen molar-refractivity contribution >= 4 is 17.3 Å². The Morgan fingerprint density at radius 2 is 1.60 bits per heavy atom. The van der Waals surface area contributed by atoms with E-state index in [0.29, 0.717) is 11.3 Å². The van der Waals surface area contributed by atoms with E-state index in [4.69, 9.17) is 0 Å². The van der Waals surface area contributed by atoms with Gasteiger partial charge in [0.05, 0.1) is 11.3 Å². The number of nitrogens with one attached hydrogen (secondary N) is 1. The lowest BCUT2D eigenvalue weighted by atomic mass is 10.0. The first-order chi connectivity index (χ1) is 9.67. The van der Waals surface area contributed by atoms with Crippen molar-refractivity contribution in [1.82, 2.24) is 0 Å². The van der Waals surface area contributed by atoms with Crippen molar-refractivity contribution in [2.45, 2.75) is 26.7 Å². The molecule has 0 heterocycles. The Morgan fingerprint density at radius 3 is 2.15 bits per heavy atom. The number of hydrogen-bond donors (Lipinski definition) is 2. The summed E-state index contributed by atoms with van der Waals surface area (Å²) in [5, 5.41) is 12.6. The van der Waals surface area contributed by atoms with E-state index in [-0.39, 0.29) is 0 Å². The third-order valence-electron chi connectivity index (χ3n) is 3.42. The van der Waals surface area contributed by atoms with Crippen LogP contribution in [0.4, 0.5) is 11.4 Å². The standard InChI is InChI=1S/C17H19NO2/c1-3-12-8-7-9-13(4-2)16(12)18-15-11-6-5-10-14(15)17(19)20/h5-11,18H,3-4H2,1-2H3,(H,19,20). The maximum atomic E-state index is 11.3. The number of aryl methyl sites for hydroxylation is 2. The minimum absolute atomic E-state index is 0.292. The van der Waals surface area contributed by atoms with Gasteiger partial charge in [-0.1, -0.05) is 44.2 Å². The van der Waals surface area contributed by atoms with E-state index in [1.54, 1.807) is 18.2 Å². The summed E-state index contributed by atoms with van der Waals surface area (Å²) in [5.41, 5.74) is 4.36. The summed E-state index contributed by atoms with van der Waals surface area (Å²) in [6, 6.07) is 13.2. The van der Waals surface area contributed by atoms with Crippen molar-refractivity contribution in [1.29, 1.82) is 0 Å². The Hall–Kier alpha value is -2.29. The third-order valence-corrected chi connectivity index (χ3v) is 3.42. The Bertz CT molecular complexity index is 598. The first-order valence-corrected chi connectivity index (χ1v) is 6.87. The topological polar surface area (TPSA) is 49.3 Å². The summed E-state index contributed by atoms with van der Waals surface area (Å²) >= 11 is 0. The molecule has 0 spiro atoms. The smallest absolute Gasteiger partial charge is 0.337 e. The van der Waals surface area contributed by atoms with Gasteiger partial charge in [-0.3, -0.25) is 0 Å². The van der Waals surface area contributed by atoms with E-state index in [1.807, 2.05) is 12.1 Å². The molecule has 104 valence electrons. The SMILES string of the molecule is CCc1cccc(CC)c1Nc1ccccc1C(=O)O. The molecule has 0 unspecified atom stereocenters. The normalized spacial score (nSPS) is 10.3. The zero-order valence-electron chi connectivity index (χ0n) is 11.8. The van der Waals surface area contributed by atoms with E-state index in [0.717, 1.165) is 18.5 Å². The van der Waals surface area contributed by atoms with E-state index < -0.39 is 5.97 Å². The second-order valence-electron chi connectivity index (χ2n) is 4.63. The van der Waals surface area contributed by atoms with Crippen LogP contribution in [0.2, 0.25) is 0 Å². The first kappa shape index (κ1) is 14.1. The van der Waals surface area contributed by atoms with Gasteiger partial charge in [-0.2, -0.15) is 0 Å². The van der Waals surface area contributed by atoms with Crippen molar-refractivity contribution in [3.05, 3.63) is 59.2 Å². The van der Waals surface area contributed by atoms with Crippen LogP contribution in [-0.2, 0) is 12.8 Å². The van der Waals surface area contributed by atoms with Gasteiger partial charge in [0.2, 0.25) is 0 Å². The van der Waals surface area contributed by atoms with Gasteiger partial charge >= 0.3 is 5.97 Å². The molecule has 0 atom stereocenters. The summed E-state index contributed by atoms with van der Waals surface area (Å²) in [6.07, 6.45) is 1.82. The summed E-state index contributed by atoms with van der Waals surface area (Å²) < 4.78 is 0. The third kappa shape index (κ3) is 2.82. The molecule has 0 amide bonds. The highest BCUT2D eigenvalue weighted by Gasteiger charge is 2.12. The zero-order valence-corrected chi connectivity index (χ0v) is 11.8. The molecule has 0 saturated carbocycles. The van der Waals surface area contributed by atoms with E-state index >= 15 is 0 Å². The fourth-order valence-corrected chi connectivity index (χ4v) is 2.32. The number of carboxylic acid groups (broad SMARTS) is 1. The fraction of sp³-hybridized carbons (Fsp3) is 0.235. The Kier molecular flexibility index (Phi) is 4.41. The van der Waals surface area contributed by atoms with Gasteiger partial charge in [0.25, 0.3) is 0 Å². The summed E-state index contributed by atoms with van der Waals surface area (Å²) in [4.78, 5) is 11.3. The van der Waals surface area contributed by atoms with Gasteiger partial charge in [-0.15, -0.1) is 0 Å². The van der Waals surface area contributed by atoms with E-state index in [1.165, 1.54) is 11.1 Å². The predicted molar refractivity (Wildman–Crippen MR) is 81.9 cm³/mol. The van der Waals surface area contributed by atoms with Crippen molar-refractivity contribution in [3.63, 3.8) is 0 Å². The van der Waals surface area contributed by atoms with Crippen LogP contribution in [0.5, 0.6) is 0 Å². The van der Waals surface area contributed by atoms with Gasteiger partial charge in [-0.25, -0.2) is 4.79 Å². The molecular formula is C17H19NO2. The van der Waals surface area contributed by atoms with Crippen LogP contribution in [0, 0.1) is 0 Å². The molecule has 0 aliphatic carbocycles. The molecule has 2 aromatic carbocycles. The second-order valence-corrected chi connectivity index (χ2v) is 4.63. The number of para-hydroxylation sites is 2. The number of aromatic carboxylic acids is 1. The molecule has 2 aromatic rings. The van der Waals surface area contributed by atoms with Gasteiger partial charge in [0, 0.05) is 5.69 Å². The van der Waals surface area contributed by atoms with E-state index in [2.05, 4.69) is 31.3 Å². The Balaban J connectivity index is 2.47. The minimum Gasteiger partial charge on any atom is -0.478 e. The number of hydrogen-bond acceptors (Lipinski definition) is 2. The minimum atomic E-state index is -0.917. The summed E-state index contributed by atoms with van der Waals surface area (Å²) in [6.45, 7) is 4.20. The van der Waals surface area contributed by atoms with Gasteiger partial charge in [-0.05, 0) is 36.1 Å². The average Bonchev–Trinajstić information content (AvgIpc) is 2.47. The van der Waals surface area contributed by atoms with Crippen LogP contribution in [-0.4, -0.2) is 11.1 Å². The highest BCUT2D eigenvalue weighted by atomic mass is 16.4. The molecule has 3 heteroatoms. The van der Waals surface area contributed by atoms with Crippen LogP contribution in [0.15, 0.2) is 42.5 Å².